The molecule has 4 heteroatoms. The molecule has 0 radical (unpaired) electrons. The van der Waals surface area contributed by atoms with Gasteiger partial charge in [-0.15, -0.1) is 0 Å². The highest BCUT2D eigenvalue weighted by atomic mass is 16.5. The van der Waals surface area contributed by atoms with E-state index in [1.165, 1.54) is 19.3 Å². The quantitative estimate of drug-likeness (QED) is 0.664. The maximum absolute atomic E-state index is 9.29. The first-order valence-corrected chi connectivity index (χ1v) is 6.90. The van der Waals surface area contributed by atoms with Gasteiger partial charge in [0.25, 0.3) is 0 Å². The number of hydrogen-bond donors (Lipinski definition) is 2. The van der Waals surface area contributed by atoms with Gasteiger partial charge in [-0.25, -0.2) is 0 Å². The van der Waals surface area contributed by atoms with Crippen molar-refractivity contribution in [1.82, 2.24) is 10.2 Å². The summed E-state index contributed by atoms with van der Waals surface area (Å²) in [6.07, 6.45) is 5.16. The van der Waals surface area contributed by atoms with Crippen LogP contribution in [0.3, 0.4) is 0 Å². The van der Waals surface area contributed by atoms with E-state index >= 15 is 0 Å². The number of likely N-dealkylation sites (N-methyl/N-ethyl adjacent to an activating group) is 1. The molecule has 102 valence electrons. The Balaban J connectivity index is 2.18. The van der Waals surface area contributed by atoms with Gasteiger partial charge in [-0.2, -0.15) is 0 Å². The summed E-state index contributed by atoms with van der Waals surface area (Å²) in [6, 6.07) is 0.184. The lowest BCUT2D eigenvalue weighted by Crippen LogP contribution is -2.45. The van der Waals surface area contributed by atoms with Crippen LogP contribution in [0.1, 0.15) is 32.6 Å². The van der Waals surface area contributed by atoms with Gasteiger partial charge in [0.05, 0.1) is 12.7 Å². The number of aliphatic hydroxyl groups excluding tert-OH is 1. The minimum atomic E-state index is 0.184. The van der Waals surface area contributed by atoms with Crippen LogP contribution in [0.15, 0.2) is 0 Å². The minimum Gasteiger partial charge on any atom is -0.395 e. The molecule has 17 heavy (non-hydrogen) atoms. The molecule has 2 unspecified atom stereocenters. The van der Waals surface area contributed by atoms with E-state index in [9.17, 15) is 5.11 Å². The molecule has 0 spiro atoms. The molecule has 0 amide bonds. The Morgan fingerprint density at radius 2 is 2.29 bits per heavy atom. The summed E-state index contributed by atoms with van der Waals surface area (Å²) in [7, 11) is 2.11. The topological polar surface area (TPSA) is 44.7 Å². The predicted molar refractivity (Wildman–Crippen MR) is 70.3 cm³/mol. The maximum atomic E-state index is 9.29. The van der Waals surface area contributed by atoms with E-state index in [1.807, 2.05) is 0 Å². The second kappa shape index (κ2) is 8.86. The van der Waals surface area contributed by atoms with E-state index in [2.05, 4.69) is 24.2 Å². The van der Waals surface area contributed by atoms with Crippen molar-refractivity contribution in [2.45, 2.75) is 44.8 Å². The van der Waals surface area contributed by atoms with Gasteiger partial charge >= 0.3 is 0 Å². The summed E-state index contributed by atoms with van der Waals surface area (Å²) in [5.74, 6) is 0. The van der Waals surface area contributed by atoms with E-state index in [1.54, 1.807) is 0 Å². The van der Waals surface area contributed by atoms with Gasteiger partial charge in [0.2, 0.25) is 0 Å². The molecule has 0 aromatic heterocycles. The molecular weight excluding hydrogens is 216 g/mol. The van der Waals surface area contributed by atoms with Gasteiger partial charge in [-0.05, 0) is 39.3 Å². The average Bonchev–Trinajstić information content (AvgIpc) is 2.35. The van der Waals surface area contributed by atoms with Crippen LogP contribution in [0.25, 0.3) is 0 Å². The van der Waals surface area contributed by atoms with Crippen LogP contribution in [0.4, 0.5) is 0 Å². The zero-order valence-electron chi connectivity index (χ0n) is 11.3. The minimum absolute atomic E-state index is 0.184. The third-order valence-corrected chi connectivity index (χ3v) is 3.22. The molecule has 1 aliphatic rings. The fourth-order valence-corrected chi connectivity index (χ4v) is 2.29. The first kappa shape index (κ1) is 14.9. The Bertz CT molecular complexity index is 184. The molecule has 1 aliphatic heterocycles. The largest absolute Gasteiger partial charge is 0.395 e. The molecule has 2 atom stereocenters. The highest BCUT2D eigenvalue weighted by molar-refractivity contribution is 4.73. The van der Waals surface area contributed by atoms with E-state index < -0.39 is 0 Å². The number of aliphatic hydroxyl groups is 1. The molecule has 1 saturated heterocycles. The Morgan fingerprint density at radius 3 is 2.88 bits per heavy atom. The van der Waals surface area contributed by atoms with Crippen molar-refractivity contribution in [2.24, 2.45) is 0 Å². The van der Waals surface area contributed by atoms with Crippen molar-refractivity contribution in [3.63, 3.8) is 0 Å². The smallest absolute Gasteiger partial charge is 0.0701 e. The fourth-order valence-electron chi connectivity index (χ4n) is 2.29. The summed E-state index contributed by atoms with van der Waals surface area (Å²) >= 11 is 0. The van der Waals surface area contributed by atoms with Crippen molar-refractivity contribution in [3.8, 4) is 0 Å². The summed E-state index contributed by atoms with van der Waals surface area (Å²) in [5, 5.41) is 12.6. The molecule has 0 aromatic carbocycles. The lowest BCUT2D eigenvalue weighted by molar-refractivity contribution is -0.00347. The zero-order valence-corrected chi connectivity index (χ0v) is 11.3. The first-order chi connectivity index (χ1) is 8.26. The van der Waals surface area contributed by atoms with E-state index in [0.29, 0.717) is 6.10 Å². The number of ether oxygens (including phenoxy) is 1. The second-order valence-electron chi connectivity index (χ2n) is 5.04. The summed E-state index contributed by atoms with van der Waals surface area (Å²) in [6.45, 7) is 6.09. The van der Waals surface area contributed by atoms with Gasteiger partial charge in [0, 0.05) is 25.7 Å². The molecule has 2 N–H and O–H groups in total. The van der Waals surface area contributed by atoms with Crippen LogP contribution in [-0.4, -0.2) is 62.0 Å². The van der Waals surface area contributed by atoms with Crippen LogP contribution in [-0.2, 0) is 4.74 Å². The summed E-state index contributed by atoms with van der Waals surface area (Å²) < 4.78 is 5.72. The molecule has 0 bridgehead atoms. The third-order valence-electron chi connectivity index (χ3n) is 3.22. The molecular formula is C13H28N2O2. The van der Waals surface area contributed by atoms with Crippen molar-refractivity contribution >= 4 is 0 Å². The normalized spacial score (nSPS) is 22.9. The Morgan fingerprint density at radius 1 is 1.47 bits per heavy atom. The lowest BCUT2D eigenvalue weighted by atomic mass is 10.1. The number of nitrogens with zero attached hydrogens (tertiary/aromatic N) is 1. The van der Waals surface area contributed by atoms with Gasteiger partial charge in [0.1, 0.15) is 0 Å². The standard InChI is InChI=1S/C13H28N2O2/c1-3-7-14-12(11-16)9-15(2)10-13-6-4-5-8-17-13/h12-14,16H,3-11H2,1-2H3. The Labute approximate surface area is 105 Å². The monoisotopic (exact) mass is 244 g/mol. The van der Waals surface area contributed by atoms with E-state index in [4.69, 9.17) is 4.74 Å². The van der Waals surface area contributed by atoms with Gasteiger partial charge in [-0.3, -0.25) is 0 Å². The highest BCUT2D eigenvalue weighted by Gasteiger charge is 2.17. The van der Waals surface area contributed by atoms with Crippen molar-refractivity contribution in [1.29, 1.82) is 0 Å². The predicted octanol–water partition coefficient (Wildman–Crippen LogP) is 0.848. The molecule has 1 fully saturated rings. The van der Waals surface area contributed by atoms with Crippen molar-refractivity contribution in [2.75, 3.05) is 39.9 Å². The van der Waals surface area contributed by atoms with Crippen molar-refractivity contribution < 1.29 is 9.84 Å². The van der Waals surface area contributed by atoms with E-state index in [0.717, 1.165) is 32.7 Å². The number of nitrogens with one attached hydrogen (secondary N) is 1. The van der Waals surface area contributed by atoms with Crippen LogP contribution in [0, 0.1) is 0 Å². The maximum Gasteiger partial charge on any atom is 0.0701 e. The van der Waals surface area contributed by atoms with Crippen LogP contribution < -0.4 is 5.32 Å². The fraction of sp³-hybridized carbons (Fsp3) is 1.00. The Kier molecular flexibility index (Phi) is 7.77. The van der Waals surface area contributed by atoms with E-state index in [-0.39, 0.29) is 12.6 Å². The SMILES string of the molecule is CCCNC(CO)CN(C)CC1CCCCO1. The second-order valence-corrected chi connectivity index (χ2v) is 5.04. The summed E-state index contributed by atoms with van der Waals surface area (Å²) in [5.41, 5.74) is 0. The Hall–Kier alpha value is -0.160. The van der Waals surface area contributed by atoms with Crippen LogP contribution in [0.5, 0.6) is 0 Å². The highest BCUT2D eigenvalue weighted by Crippen LogP contribution is 2.13. The number of hydrogen-bond acceptors (Lipinski definition) is 4. The summed E-state index contributed by atoms with van der Waals surface area (Å²) in [4.78, 5) is 2.26. The van der Waals surface area contributed by atoms with Gasteiger partial charge in [0.15, 0.2) is 0 Å². The van der Waals surface area contributed by atoms with Gasteiger partial charge in [-0.1, -0.05) is 6.92 Å². The number of rotatable bonds is 8. The van der Waals surface area contributed by atoms with Crippen molar-refractivity contribution in [3.05, 3.63) is 0 Å². The molecule has 0 saturated carbocycles. The van der Waals surface area contributed by atoms with Crippen LogP contribution in [0.2, 0.25) is 0 Å². The average molecular weight is 244 g/mol. The molecule has 4 nitrogen and oxygen atoms in total. The van der Waals surface area contributed by atoms with Crippen LogP contribution >= 0.6 is 0 Å². The third kappa shape index (κ3) is 6.36. The molecule has 0 aliphatic carbocycles. The molecule has 1 heterocycles. The molecule has 0 aromatic rings. The molecule has 1 rings (SSSR count). The first-order valence-electron chi connectivity index (χ1n) is 6.90. The zero-order chi connectivity index (χ0) is 12.5. The van der Waals surface area contributed by atoms with Gasteiger partial charge < -0.3 is 20.1 Å². The lowest BCUT2D eigenvalue weighted by Gasteiger charge is -2.29.